The Morgan fingerprint density at radius 1 is 1.42 bits per heavy atom. The number of rotatable bonds is 6. The first-order valence-electron chi connectivity index (χ1n) is 6.43. The molecule has 1 rings (SSSR count). The molecule has 0 saturated carbocycles. The van der Waals surface area contributed by atoms with Gasteiger partial charge < -0.3 is 15.5 Å². The van der Waals surface area contributed by atoms with Crippen LogP contribution in [0.4, 0.5) is 11.6 Å². The van der Waals surface area contributed by atoms with Crippen LogP contribution in [0.3, 0.4) is 0 Å². The van der Waals surface area contributed by atoms with Crippen LogP contribution in [0, 0.1) is 12.8 Å². The molecule has 0 aliphatic carbocycles. The highest BCUT2D eigenvalue weighted by Gasteiger charge is 2.10. The first-order chi connectivity index (χ1) is 8.92. The van der Waals surface area contributed by atoms with E-state index in [1.807, 2.05) is 24.9 Å². The van der Waals surface area contributed by atoms with Crippen molar-refractivity contribution >= 4 is 17.5 Å². The lowest BCUT2D eigenvalue weighted by atomic mass is 10.2. The fraction of sp³-hybridized carbons (Fsp3) is 0.615. The van der Waals surface area contributed by atoms with Crippen LogP contribution in [-0.2, 0) is 4.79 Å². The van der Waals surface area contributed by atoms with Gasteiger partial charge >= 0.3 is 0 Å². The summed E-state index contributed by atoms with van der Waals surface area (Å²) in [6.45, 7) is 6.94. The minimum absolute atomic E-state index is 0.00141. The van der Waals surface area contributed by atoms with Gasteiger partial charge in [0, 0.05) is 26.7 Å². The van der Waals surface area contributed by atoms with Crippen LogP contribution in [0.2, 0.25) is 0 Å². The van der Waals surface area contributed by atoms with Gasteiger partial charge in [0.05, 0.1) is 6.54 Å². The molecule has 0 aliphatic rings. The number of carbonyl (C=O) groups excluding carboxylic acids is 1. The molecule has 0 unspecified atom stereocenters. The van der Waals surface area contributed by atoms with Gasteiger partial charge in [0.2, 0.25) is 5.91 Å². The van der Waals surface area contributed by atoms with Crippen molar-refractivity contribution in [3.05, 3.63) is 11.9 Å². The van der Waals surface area contributed by atoms with Crippen molar-refractivity contribution in [2.75, 3.05) is 37.4 Å². The van der Waals surface area contributed by atoms with Crippen molar-refractivity contribution in [1.29, 1.82) is 0 Å². The SMILES string of the molecule is CNc1cc(N(C)CC(=O)NCC(C)C)nc(C)n1. The molecule has 0 atom stereocenters. The summed E-state index contributed by atoms with van der Waals surface area (Å²) < 4.78 is 0. The molecule has 106 valence electrons. The summed E-state index contributed by atoms with van der Waals surface area (Å²) in [4.78, 5) is 22.1. The number of aromatic nitrogens is 2. The minimum atomic E-state index is -0.00141. The van der Waals surface area contributed by atoms with Crippen molar-refractivity contribution in [3.8, 4) is 0 Å². The fourth-order valence-corrected chi connectivity index (χ4v) is 1.55. The summed E-state index contributed by atoms with van der Waals surface area (Å²) in [7, 11) is 3.65. The molecule has 2 N–H and O–H groups in total. The third-order valence-corrected chi connectivity index (χ3v) is 2.56. The molecule has 0 spiro atoms. The molecule has 0 bridgehead atoms. The standard InChI is InChI=1S/C13H23N5O/c1-9(2)7-15-13(19)8-18(5)12-6-11(14-4)16-10(3)17-12/h6,9H,7-8H2,1-5H3,(H,15,19)(H,14,16,17). The molecule has 1 heterocycles. The summed E-state index contributed by atoms with van der Waals surface area (Å²) in [5, 5.41) is 5.86. The molecule has 0 radical (unpaired) electrons. The second-order valence-corrected chi connectivity index (χ2v) is 4.96. The summed E-state index contributed by atoms with van der Waals surface area (Å²) >= 11 is 0. The highest BCUT2D eigenvalue weighted by molar-refractivity contribution is 5.81. The second kappa shape index (κ2) is 6.92. The third-order valence-electron chi connectivity index (χ3n) is 2.56. The zero-order valence-corrected chi connectivity index (χ0v) is 12.3. The third kappa shape index (κ3) is 5.11. The topological polar surface area (TPSA) is 70.2 Å². The number of amides is 1. The number of aryl methyl sites for hydroxylation is 1. The first-order valence-corrected chi connectivity index (χ1v) is 6.43. The lowest BCUT2D eigenvalue weighted by molar-refractivity contribution is -0.119. The van der Waals surface area contributed by atoms with Gasteiger partial charge in [-0.3, -0.25) is 4.79 Å². The van der Waals surface area contributed by atoms with E-state index in [0.717, 1.165) is 11.6 Å². The molecule has 1 aromatic heterocycles. The number of nitrogens with zero attached hydrogens (tertiary/aromatic N) is 3. The van der Waals surface area contributed by atoms with Gasteiger partial charge in [0.25, 0.3) is 0 Å². The van der Waals surface area contributed by atoms with Gasteiger partial charge in [-0.2, -0.15) is 0 Å². The zero-order chi connectivity index (χ0) is 14.4. The number of likely N-dealkylation sites (N-methyl/N-ethyl adjacent to an activating group) is 1. The van der Waals surface area contributed by atoms with E-state index in [4.69, 9.17) is 0 Å². The molecular weight excluding hydrogens is 242 g/mol. The molecule has 19 heavy (non-hydrogen) atoms. The maximum atomic E-state index is 11.8. The predicted molar refractivity (Wildman–Crippen MR) is 77.4 cm³/mol. The van der Waals surface area contributed by atoms with Crippen molar-refractivity contribution in [3.63, 3.8) is 0 Å². The highest BCUT2D eigenvalue weighted by atomic mass is 16.2. The van der Waals surface area contributed by atoms with Crippen LogP contribution in [0.1, 0.15) is 19.7 Å². The number of anilines is 2. The number of carbonyl (C=O) groups is 1. The lowest BCUT2D eigenvalue weighted by Gasteiger charge is -2.19. The van der Waals surface area contributed by atoms with Gasteiger partial charge in [0.1, 0.15) is 17.5 Å². The van der Waals surface area contributed by atoms with Gasteiger partial charge in [-0.25, -0.2) is 9.97 Å². The Morgan fingerprint density at radius 3 is 2.68 bits per heavy atom. The van der Waals surface area contributed by atoms with E-state index < -0.39 is 0 Å². The van der Waals surface area contributed by atoms with Gasteiger partial charge in [0.15, 0.2) is 0 Å². The average Bonchev–Trinajstić information content (AvgIpc) is 2.35. The highest BCUT2D eigenvalue weighted by Crippen LogP contribution is 2.13. The first kappa shape index (κ1) is 15.2. The van der Waals surface area contributed by atoms with E-state index in [2.05, 4.69) is 34.4 Å². The average molecular weight is 265 g/mol. The Morgan fingerprint density at radius 2 is 2.11 bits per heavy atom. The van der Waals surface area contributed by atoms with E-state index >= 15 is 0 Å². The summed E-state index contributed by atoms with van der Waals surface area (Å²) in [6.07, 6.45) is 0. The van der Waals surface area contributed by atoms with E-state index in [9.17, 15) is 4.79 Å². The zero-order valence-electron chi connectivity index (χ0n) is 12.3. The molecule has 0 saturated heterocycles. The van der Waals surface area contributed by atoms with E-state index in [0.29, 0.717) is 18.3 Å². The maximum Gasteiger partial charge on any atom is 0.239 e. The Hall–Kier alpha value is -1.85. The molecule has 1 aromatic rings. The Kier molecular flexibility index (Phi) is 5.54. The monoisotopic (exact) mass is 265 g/mol. The van der Waals surface area contributed by atoms with Crippen molar-refractivity contribution in [1.82, 2.24) is 15.3 Å². The predicted octanol–water partition coefficient (Wildman–Crippen LogP) is 1.04. The van der Waals surface area contributed by atoms with Crippen molar-refractivity contribution in [2.24, 2.45) is 5.92 Å². The molecule has 6 nitrogen and oxygen atoms in total. The maximum absolute atomic E-state index is 11.8. The molecule has 6 heteroatoms. The second-order valence-electron chi connectivity index (χ2n) is 4.96. The summed E-state index contributed by atoms with van der Waals surface area (Å²) in [5.41, 5.74) is 0. The lowest BCUT2D eigenvalue weighted by Crippen LogP contribution is -2.37. The molecule has 0 aromatic carbocycles. The van der Waals surface area contributed by atoms with E-state index in [-0.39, 0.29) is 12.5 Å². The summed E-state index contributed by atoms with van der Waals surface area (Å²) in [5.74, 6) is 2.61. The smallest absolute Gasteiger partial charge is 0.239 e. The Labute approximate surface area is 114 Å². The molecule has 1 amide bonds. The van der Waals surface area contributed by atoms with Crippen LogP contribution in [0.5, 0.6) is 0 Å². The Balaban J connectivity index is 2.64. The van der Waals surface area contributed by atoms with E-state index in [1.54, 1.807) is 7.05 Å². The number of hydrogen-bond donors (Lipinski definition) is 2. The normalized spacial score (nSPS) is 10.4. The van der Waals surface area contributed by atoms with Crippen molar-refractivity contribution in [2.45, 2.75) is 20.8 Å². The van der Waals surface area contributed by atoms with Crippen LogP contribution in [0.25, 0.3) is 0 Å². The molecular formula is C13H23N5O. The number of nitrogens with one attached hydrogen (secondary N) is 2. The minimum Gasteiger partial charge on any atom is -0.373 e. The van der Waals surface area contributed by atoms with Gasteiger partial charge in [-0.05, 0) is 12.8 Å². The molecule has 0 aliphatic heterocycles. The Bertz CT molecular complexity index is 433. The van der Waals surface area contributed by atoms with Crippen LogP contribution in [-0.4, -0.2) is 43.1 Å². The summed E-state index contributed by atoms with van der Waals surface area (Å²) in [6, 6.07) is 1.82. The quantitative estimate of drug-likeness (QED) is 0.804. The van der Waals surface area contributed by atoms with Crippen molar-refractivity contribution < 1.29 is 4.79 Å². The number of hydrogen-bond acceptors (Lipinski definition) is 5. The van der Waals surface area contributed by atoms with Crippen LogP contribution < -0.4 is 15.5 Å². The van der Waals surface area contributed by atoms with Gasteiger partial charge in [-0.15, -0.1) is 0 Å². The fourth-order valence-electron chi connectivity index (χ4n) is 1.55. The van der Waals surface area contributed by atoms with E-state index in [1.165, 1.54) is 0 Å². The van der Waals surface area contributed by atoms with Crippen LogP contribution >= 0.6 is 0 Å². The molecule has 0 fully saturated rings. The van der Waals surface area contributed by atoms with Crippen LogP contribution in [0.15, 0.2) is 6.07 Å². The van der Waals surface area contributed by atoms with Gasteiger partial charge in [-0.1, -0.05) is 13.8 Å². The largest absolute Gasteiger partial charge is 0.373 e.